The van der Waals surface area contributed by atoms with Crippen LogP contribution in [0.3, 0.4) is 0 Å². The number of nitrogens with one attached hydrogen (secondary N) is 1. The standard InChI is InChI=1S/C9H7BrClN3OS/c1-15-7-3-2-5(11)4-6(7)12-9-14-13-8(10)16-9/h2-4H,1H3,(H,12,14). The molecule has 0 radical (unpaired) electrons. The number of ether oxygens (including phenoxy) is 1. The molecule has 0 saturated heterocycles. The normalized spacial score (nSPS) is 10.2. The zero-order chi connectivity index (χ0) is 11.5. The minimum Gasteiger partial charge on any atom is -0.495 e. The second-order valence-corrected chi connectivity index (χ2v) is 5.52. The summed E-state index contributed by atoms with van der Waals surface area (Å²) in [5.41, 5.74) is 0.763. The molecule has 1 aromatic carbocycles. The molecule has 0 aliphatic heterocycles. The minimum absolute atomic E-state index is 0.631. The zero-order valence-electron chi connectivity index (χ0n) is 8.20. The lowest BCUT2D eigenvalue weighted by molar-refractivity contribution is 0.417. The lowest BCUT2D eigenvalue weighted by Crippen LogP contribution is -1.94. The molecule has 4 nitrogen and oxygen atoms in total. The van der Waals surface area contributed by atoms with E-state index in [9.17, 15) is 0 Å². The second kappa shape index (κ2) is 4.99. The number of anilines is 2. The quantitative estimate of drug-likeness (QED) is 0.936. The molecule has 1 heterocycles. The number of methoxy groups -OCH3 is 1. The van der Waals surface area contributed by atoms with Crippen molar-refractivity contribution in [3.63, 3.8) is 0 Å². The Kier molecular flexibility index (Phi) is 3.63. The molecule has 0 amide bonds. The van der Waals surface area contributed by atoms with Gasteiger partial charge in [0.1, 0.15) is 5.75 Å². The first-order chi connectivity index (χ1) is 7.69. The summed E-state index contributed by atoms with van der Waals surface area (Å²) in [4.78, 5) is 0. The Morgan fingerprint density at radius 2 is 2.25 bits per heavy atom. The number of nitrogens with zero attached hydrogens (tertiary/aromatic N) is 2. The van der Waals surface area contributed by atoms with Gasteiger partial charge in [-0.15, -0.1) is 10.2 Å². The predicted octanol–water partition coefficient (Wildman–Crippen LogP) is 3.71. The Bertz CT molecular complexity index is 505. The summed E-state index contributed by atoms with van der Waals surface area (Å²) in [6, 6.07) is 5.33. The molecule has 0 bridgehead atoms. The third-order valence-corrected chi connectivity index (χ3v) is 3.31. The number of aromatic nitrogens is 2. The van der Waals surface area contributed by atoms with Crippen molar-refractivity contribution in [3.8, 4) is 5.75 Å². The van der Waals surface area contributed by atoms with Gasteiger partial charge in [0.2, 0.25) is 5.13 Å². The van der Waals surface area contributed by atoms with Crippen molar-refractivity contribution in [3.05, 3.63) is 27.1 Å². The second-order valence-electron chi connectivity index (χ2n) is 2.83. The number of hydrogen-bond acceptors (Lipinski definition) is 5. The molecule has 7 heteroatoms. The van der Waals surface area contributed by atoms with Crippen molar-refractivity contribution in [1.82, 2.24) is 10.2 Å². The van der Waals surface area contributed by atoms with E-state index in [0.717, 1.165) is 9.60 Å². The molecule has 0 spiro atoms. The predicted molar refractivity (Wildman–Crippen MR) is 68.9 cm³/mol. The van der Waals surface area contributed by atoms with Crippen LogP contribution >= 0.6 is 38.9 Å². The molecule has 0 aliphatic carbocycles. The highest BCUT2D eigenvalue weighted by Gasteiger charge is 2.07. The number of benzene rings is 1. The molecule has 1 N–H and O–H groups in total. The van der Waals surface area contributed by atoms with Crippen LogP contribution in [0, 0.1) is 0 Å². The topological polar surface area (TPSA) is 47.0 Å². The summed E-state index contributed by atoms with van der Waals surface area (Å²) in [7, 11) is 1.60. The molecule has 0 unspecified atom stereocenters. The van der Waals surface area contributed by atoms with Crippen LogP contribution in [-0.2, 0) is 0 Å². The summed E-state index contributed by atoms with van der Waals surface area (Å²) in [5.74, 6) is 0.704. The van der Waals surface area contributed by atoms with Crippen LogP contribution < -0.4 is 10.1 Å². The van der Waals surface area contributed by atoms with Gasteiger partial charge in [-0.3, -0.25) is 0 Å². The van der Waals surface area contributed by atoms with Gasteiger partial charge in [0.15, 0.2) is 3.92 Å². The van der Waals surface area contributed by atoms with Crippen molar-refractivity contribution in [1.29, 1.82) is 0 Å². The van der Waals surface area contributed by atoms with E-state index in [1.165, 1.54) is 11.3 Å². The maximum absolute atomic E-state index is 5.91. The summed E-state index contributed by atoms with van der Waals surface area (Å²) in [6.45, 7) is 0. The highest BCUT2D eigenvalue weighted by molar-refractivity contribution is 9.11. The Morgan fingerprint density at radius 3 is 2.88 bits per heavy atom. The van der Waals surface area contributed by atoms with Crippen LogP contribution in [0.1, 0.15) is 0 Å². The molecule has 1 aromatic heterocycles. The average molecular weight is 321 g/mol. The average Bonchev–Trinajstić information content (AvgIpc) is 2.64. The van der Waals surface area contributed by atoms with Gasteiger partial charge in [-0.1, -0.05) is 22.9 Å². The number of hydrogen-bond donors (Lipinski definition) is 1. The van der Waals surface area contributed by atoms with Crippen LogP contribution in [0.4, 0.5) is 10.8 Å². The van der Waals surface area contributed by atoms with Gasteiger partial charge in [-0.2, -0.15) is 0 Å². The first kappa shape index (κ1) is 11.6. The van der Waals surface area contributed by atoms with Gasteiger partial charge in [0.25, 0.3) is 0 Å². The molecule has 0 fully saturated rings. The molecule has 16 heavy (non-hydrogen) atoms. The van der Waals surface area contributed by atoms with Crippen LogP contribution in [0.15, 0.2) is 22.1 Å². The van der Waals surface area contributed by atoms with E-state index in [1.54, 1.807) is 25.3 Å². The van der Waals surface area contributed by atoms with Gasteiger partial charge in [0, 0.05) is 5.02 Å². The SMILES string of the molecule is COc1ccc(Cl)cc1Nc1nnc(Br)s1. The van der Waals surface area contributed by atoms with Crippen LogP contribution in [0.5, 0.6) is 5.75 Å². The maximum atomic E-state index is 5.91. The Hall–Kier alpha value is -0.850. The van der Waals surface area contributed by atoms with Crippen molar-refractivity contribution >= 4 is 49.7 Å². The first-order valence-corrected chi connectivity index (χ1v) is 6.27. The number of rotatable bonds is 3. The third kappa shape index (κ3) is 2.63. The molecule has 84 valence electrons. The monoisotopic (exact) mass is 319 g/mol. The molecule has 2 rings (SSSR count). The van der Waals surface area contributed by atoms with Crippen molar-refractivity contribution in [2.24, 2.45) is 0 Å². The van der Waals surface area contributed by atoms with E-state index >= 15 is 0 Å². The van der Waals surface area contributed by atoms with E-state index in [4.69, 9.17) is 16.3 Å². The van der Waals surface area contributed by atoms with E-state index in [2.05, 4.69) is 31.4 Å². The van der Waals surface area contributed by atoms with Gasteiger partial charge in [0.05, 0.1) is 12.8 Å². The summed E-state index contributed by atoms with van der Waals surface area (Å²) in [5, 5.41) is 12.2. The molecule has 2 aromatic rings. The van der Waals surface area contributed by atoms with Gasteiger partial charge in [-0.05, 0) is 34.1 Å². The fraction of sp³-hybridized carbons (Fsp3) is 0.111. The summed E-state index contributed by atoms with van der Waals surface area (Å²) in [6.07, 6.45) is 0. The summed E-state index contributed by atoms with van der Waals surface area (Å²) < 4.78 is 5.92. The van der Waals surface area contributed by atoms with Crippen molar-refractivity contribution in [2.75, 3.05) is 12.4 Å². The third-order valence-electron chi connectivity index (χ3n) is 1.80. The number of halogens is 2. The molecule has 0 aliphatic rings. The van der Waals surface area contributed by atoms with Gasteiger partial charge < -0.3 is 10.1 Å². The van der Waals surface area contributed by atoms with Gasteiger partial charge >= 0.3 is 0 Å². The smallest absolute Gasteiger partial charge is 0.211 e. The van der Waals surface area contributed by atoms with Crippen molar-refractivity contribution in [2.45, 2.75) is 0 Å². The maximum Gasteiger partial charge on any atom is 0.211 e. The first-order valence-electron chi connectivity index (χ1n) is 4.28. The Morgan fingerprint density at radius 1 is 1.44 bits per heavy atom. The lowest BCUT2D eigenvalue weighted by atomic mass is 10.3. The Balaban J connectivity index is 2.29. The van der Waals surface area contributed by atoms with Crippen LogP contribution in [0.25, 0.3) is 0 Å². The highest BCUT2D eigenvalue weighted by Crippen LogP contribution is 2.32. The van der Waals surface area contributed by atoms with Gasteiger partial charge in [-0.25, -0.2) is 0 Å². The van der Waals surface area contributed by atoms with Crippen molar-refractivity contribution < 1.29 is 4.74 Å². The van der Waals surface area contributed by atoms with E-state index < -0.39 is 0 Å². The molecular formula is C9H7BrClN3OS. The lowest BCUT2D eigenvalue weighted by Gasteiger charge is -2.08. The fourth-order valence-corrected chi connectivity index (χ4v) is 2.34. The van der Waals surface area contributed by atoms with E-state index in [0.29, 0.717) is 15.9 Å². The van der Waals surface area contributed by atoms with E-state index in [-0.39, 0.29) is 0 Å². The fourth-order valence-electron chi connectivity index (χ4n) is 1.15. The summed E-state index contributed by atoms with van der Waals surface area (Å²) >= 11 is 10.5. The zero-order valence-corrected chi connectivity index (χ0v) is 11.4. The Labute approximate surface area is 110 Å². The minimum atomic E-state index is 0.631. The highest BCUT2D eigenvalue weighted by atomic mass is 79.9. The van der Waals surface area contributed by atoms with Crippen LogP contribution in [0.2, 0.25) is 5.02 Å². The molecule has 0 atom stereocenters. The molecule has 0 saturated carbocycles. The molecular weight excluding hydrogens is 314 g/mol. The van der Waals surface area contributed by atoms with E-state index in [1.807, 2.05) is 0 Å². The van der Waals surface area contributed by atoms with Crippen LogP contribution in [-0.4, -0.2) is 17.3 Å². The largest absolute Gasteiger partial charge is 0.495 e.